The molecule has 7 nitrogen and oxygen atoms in total. The van der Waals surface area contributed by atoms with E-state index in [1.807, 2.05) is 12.1 Å². The Hall–Kier alpha value is -2.11. The number of carbonyl (C=O) groups is 2. The molecular formula is C20H12I2N2O5S. The van der Waals surface area contributed by atoms with Gasteiger partial charge in [0.25, 0.3) is 16.8 Å². The lowest BCUT2D eigenvalue weighted by molar-refractivity contribution is -0.384. The molecule has 0 spiro atoms. The molecule has 1 fully saturated rings. The summed E-state index contributed by atoms with van der Waals surface area (Å²) in [6, 6.07) is 9.87. The zero-order chi connectivity index (χ0) is 21.8. The lowest BCUT2D eigenvalue weighted by Gasteiger charge is -2.12. The number of benzene rings is 2. The van der Waals surface area contributed by atoms with Crippen LogP contribution in [0.3, 0.4) is 0 Å². The Morgan fingerprint density at radius 3 is 2.40 bits per heavy atom. The first-order valence-electron chi connectivity index (χ1n) is 8.34. The van der Waals surface area contributed by atoms with E-state index in [9.17, 15) is 19.7 Å². The molecule has 0 bridgehead atoms. The van der Waals surface area contributed by atoms with Crippen molar-refractivity contribution in [2.75, 3.05) is 6.54 Å². The predicted molar refractivity (Wildman–Crippen MR) is 131 cm³/mol. The number of imide groups is 1. The smallest absolute Gasteiger partial charge is 0.294 e. The molecule has 0 radical (unpaired) electrons. The minimum atomic E-state index is -0.448. The van der Waals surface area contributed by atoms with Crippen LogP contribution < -0.4 is 4.74 Å². The van der Waals surface area contributed by atoms with Crippen molar-refractivity contribution in [3.05, 3.63) is 69.7 Å². The molecule has 30 heavy (non-hydrogen) atoms. The number of hydrogen-bond donors (Lipinski definition) is 0. The average molecular weight is 646 g/mol. The number of terminal acetylenes is 1. The second-order valence-electron chi connectivity index (χ2n) is 6.00. The molecule has 1 saturated heterocycles. The van der Waals surface area contributed by atoms with E-state index in [4.69, 9.17) is 11.2 Å². The number of thioether (sulfide) groups is 1. The van der Waals surface area contributed by atoms with Crippen molar-refractivity contribution in [3.63, 3.8) is 0 Å². The Labute approximate surface area is 203 Å². The van der Waals surface area contributed by atoms with Crippen LogP contribution in [0.2, 0.25) is 0 Å². The predicted octanol–water partition coefficient (Wildman–Crippen LogP) is 5.05. The first kappa shape index (κ1) is 22.6. The van der Waals surface area contributed by atoms with Crippen molar-refractivity contribution in [1.29, 1.82) is 0 Å². The topological polar surface area (TPSA) is 89.8 Å². The van der Waals surface area contributed by atoms with Crippen molar-refractivity contribution in [1.82, 2.24) is 4.90 Å². The van der Waals surface area contributed by atoms with Gasteiger partial charge in [-0.3, -0.25) is 24.6 Å². The van der Waals surface area contributed by atoms with Crippen LogP contribution in [-0.2, 0) is 11.4 Å². The number of ether oxygens (including phenoxy) is 1. The molecule has 3 rings (SSSR count). The summed E-state index contributed by atoms with van der Waals surface area (Å²) >= 11 is 5.14. The molecule has 2 amide bonds. The van der Waals surface area contributed by atoms with Crippen molar-refractivity contribution < 1.29 is 19.2 Å². The molecule has 0 N–H and O–H groups in total. The minimum absolute atomic E-state index is 0.0268. The monoisotopic (exact) mass is 646 g/mol. The normalized spacial score (nSPS) is 14.8. The van der Waals surface area contributed by atoms with Crippen molar-refractivity contribution in [2.24, 2.45) is 0 Å². The summed E-state index contributed by atoms with van der Waals surface area (Å²) in [7, 11) is 0. The van der Waals surface area contributed by atoms with Crippen LogP contribution in [0.15, 0.2) is 41.3 Å². The van der Waals surface area contributed by atoms with Crippen LogP contribution >= 0.6 is 56.9 Å². The number of amides is 2. The quantitative estimate of drug-likeness (QED) is 0.144. The summed E-state index contributed by atoms with van der Waals surface area (Å²) in [6.07, 6.45) is 6.87. The fourth-order valence-electron chi connectivity index (χ4n) is 2.55. The SMILES string of the molecule is C#CCN1C(=O)S/C(=C/c2cc(I)c(OCc3ccc([N+](=O)[O-])cc3)c(I)c2)C1=O. The third kappa shape index (κ3) is 5.13. The van der Waals surface area contributed by atoms with Crippen molar-refractivity contribution in [2.45, 2.75) is 6.61 Å². The number of halogens is 2. The molecule has 2 aromatic rings. The van der Waals surface area contributed by atoms with Crippen LogP contribution in [0.25, 0.3) is 6.08 Å². The summed E-state index contributed by atoms with van der Waals surface area (Å²) in [6.45, 7) is 0.209. The molecule has 0 aromatic heterocycles. The molecule has 1 aliphatic heterocycles. The third-order valence-electron chi connectivity index (χ3n) is 3.97. The number of hydrogen-bond acceptors (Lipinski definition) is 6. The lowest BCUT2D eigenvalue weighted by Crippen LogP contribution is -2.28. The Balaban J connectivity index is 1.76. The average Bonchev–Trinajstić information content (AvgIpc) is 2.95. The van der Waals surface area contributed by atoms with Gasteiger partial charge in [0.2, 0.25) is 0 Å². The van der Waals surface area contributed by atoms with Gasteiger partial charge in [-0.2, -0.15) is 0 Å². The van der Waals surface area contributed by atoms with E-state index in [0.717, 1.165) is 34.9 Å². The highest BCUT2D eigenvalue weighted by molar-refractivity contribution is 14.1. The molecule has 0 saturated carbocycles. The molecule has 1 aliphatic rings. The largest absolute Gasteiger partial charge is 0.487 e. The molecule has 10 heteroatoms. The van der Waals surface area contributed by atoms with E-state index in [1.54, 1.807) is 18.2 Å². The maximum Gasteiger partial charge on any atom is 0.294 e. The van der Waals surface area contributed by atoms with Crippen LogP contribution in [0.1, 0.15) is 11.1 Å². The molecule has 0 atom stereocenters. The van der Waals surface area contributed by atoms with E-state index in [1.165, 1.54) is 12.1 Å². The maximum atomic E-state index is 12.3. The first-order chi connectivity index (χ1) is 14.3. The standard InChI is InChI=1S/C20H12I2N2O5S/c1-2-7-23-19(25)17(30-20(23)26)10-13-8-15(21)18(16(22)9-13)29-11-12-3-5-14(6-4-12)24(27)28/h1,3-6,8-10H,7,11H2/b17-10+. The summed E-state index contributed by atoms with van der Waals surface area (Å²) < 4.78 is 7.56. The number of nitro groups is 1. The lowest BCUT2D eigenvalue weighted by atomic mass is 10.2. The first-order valence-corrected chi connectivity index (χ1v) is 11.3. The Morgan fingerprint density at radius 1 is 1.20 bits per heavy atom. The minimum Gasteiger partial charge on any atom is -0.487 e. The van der Waals surface area contributed by atoms with E-state index in [2.05, 4.69) is 51.1 Å². The van der Waals surface area contributed by atoms with Crippen LogP contribution in [-0.4, -0.2) is 27.5 Å². The number of nitro benzene ring substituents is 1. The van der Waals surface area contributed by atoms with Gasteiger partial charge < -0.3 is 4.74 Å². The fourth-order valence-corrected chi connectivity index (χ4v) is 5.52. The Kier molecular flexibility index (Phi) is 7.37. The molecule has 152 valence electrons. The van der Waals surface area contributed by atoms with Gasteiger partial charge in [-0.1, -0.05) is 5.92 Å². The highest BCUT2D eigenvalue weighted by atomic mass is 127. The van der Waals surface area contributed by atoms with Crippen molar-refractivity contribution >= 4 is 79.9 Å². The molecular weight excluding hydrogens is 634 g/mol. The van der Waals surface area contributed by atoms with Crippen LogP contribution in [0.5, 0.6) is 5.75 Å². The second kappa shape index (κ2) is 9.80. The van der Waals surface area contributed by atoms with Crippen LogP contribution in [0, 0.1) is 29.6 Å². The Bertz CT molecular complexity index is 1090. The van der Waals surface area contributed by atoms with E-state index in [0.29, 0.717) is 10.7 Å². The van der Waals surface area contributed by atoms with E-state index in [-0.39, 0.29) is 24.1 Å². The van der Waals surface area contributed by atoms with Gasteiger partial charge in [-0.15, -0.1) is 6.42 Å². The van der Waals surface area contributed by atoms with Crippen LogP contribution in [0.4, 0.5) is 10.5 Å². The molecule has 0 unspecified atom stereocenters. The van der Waals surface area contributed by atoms with E-state index >= 15 is 0 Å². The third-order valence-corrected chi connectivity index (χ3v) is 6.48. The van der Waals surface area contributed by atoms with Gasteiger partial charge in [0.05, 0.1) is 23.5 Å². The fraction of sp³-hybridized carbons (Fsp3) is 0.100. The number of non-ortho nitro benzene ring substituents is 1. The van der Waals surface area contributed by atoms with Gasteiger partial charge >= 0.3 is 0 Å². The van der Waals surface area contributed by atoms with Gasteiger partial charge in [0.15, 0.2) is 0 Å². The summed E-state index contributed by atoms with van der Waals surface area (Å²) in [5.41, 5.74) is 1.59. The Morgan fingerprint density at radius 2 is 1.83 bits per heavy atom. The maximum absolute atomic E-state index is 12.3. The van der Waals surface area contributed by atoms with Crippen molar-refractivity contribution in [3.8, 4) is 18.1 Å². The highest BCUT2D eigenvalue weighted by Gasteiger charge is 2.34. The summed E-state index contributed by atoms with van der Waals surface area (Å²) in [5.74, 6) is 2.58. The highest BCUT2D eigenvalue weighted by Crippen LogP contribution is 2.35. The van der Waals surface area contributed by atoms with E-state index < -0.39 is 10.8 Å². The van der Waals surface area contributed by atoms with Gasteiger partial charge in [-0.25, -0.2) is 0 Å². The number of rotatable bonds is 6. The second-order valence-corrected chi connectivity index (χ2v) is 9.32. The van der Waals surface area contributed by atoms with Gasteiger partial charge in [-0.05, 0) is 98.4 Å². The zero-order valence-electron chi connectivity index (χ0n) is 15.1. The summed E-state index contributed by atoms with van der Waals surface area (Å²) in [4.78, 5) is 35.9. The molecule has 2 aromatic carbocycles. The molecule has 0 aliphatic carbocycles. The zero-order valence-corrected chi connectivity index (χ0v) is 20.3. The number of nitrogens with zero attached hydrogens (tertiary/aromatic N) is 2. The number of carbonyl (C=O) groups excluding carboxylic acids is 2. The van der Waals surface area contributed by atoms with Gasteiger partial charge in [0, 0.05) is 12.1 Å². The molecule has 1 heterocycles. The van der Waals surface area contributed by atoms with Gasteiger partial charge in [0.1, 0.15) is 12.4 Å². The summed E-state index contributed by atoms with van der Waals surface area (Å²) in [5, 5.41) is 10.4.